The molecule has 1 atom stereocenters. The van der Waals surface area contributed by atoms with E-state index in [0.29, 0.717) is 59.4 Å². The van der Waals surface area contributed by atoms with Gasteiger partial charge in [-0.2, -0.15) is 13.5 Å². The molecule has 246 valence electrons. The van der Waals surface area contributed by atoms with E-state index in [-0.39, 0.29) is 5.82 Å². The number of rotatable bonds is 7. The minimum Gasteiger partial charge on any atom is -0.379 e. The molecule has 44 heavy (non-hydrogen) atoms. The van der Waals surface area contributed by atoms with Gasteiger partial charge in [0.1, 0.15) is 5.82 Å². The van der Waals surface area contributed by atoms with Crippen molar-refractivity contribution in [2.24, 2.45) is 13.5 Å². The van der Waals surface area contributed by atoms with Crippen LogP contribution in [0.1, 0.15) is 12.5 Å². The fraction of sp³-hybridized carbons (Fsp3) is 0.778. The van der Waals surface area contributed by atoms with Crippen LogP contribution in [0.3, 0.4) is 0 Å². The van der Waals surface area contributed by atoms with Gasteiger partial charge in [-0.3, -0.25) is 0 Å². The molecule has 1 spiro atoms. The summed E-state index contributed by atoms with van der Waals surface area (Å²) in [7, 11) is -7.97. The van der Waals surface area contributed by atoms with E-state index in [4.69, 9.17) is 32.5 Å². The zero-order valence-electron chi connectivity index (χ0n) is 25.8. The number of hydrogen-bond donors (Lipinski definition) is 0. The van der Waals surface area contributed by atoms with Gasteiger partial charge in [0.25, 0.3) is 0 Å². The van der Waals surface area contributed by atoms with Crippen LogP contribution >= 0.6 is 22.5 Å². The summed E-state index contributed by atoms with van der Waals surface area (Å²) in [6, 6.07) is 6.95. The minimum absolute atomic E-state index is 0.213. The Bertz CT molecular complexity index is 1230. The highest BCUT2D eigenvalue weighted by atomic mass is 31.3. The molecule has 5 fully saturated rings. The summed E-state index contributed by atoms with van der Waals surface area (Å²) >= 11 is 0. The molecule has 6 heterocycles. The highest BCUT2D eigenvalue weighted by Crippen LogP contribution is 2.84. The Balaban J connectivity index is 1.51. The van der Waals surface area contributed by atoms with Crippen LogP contribution in [0.5, 0.6) is 0 Å². The van der Waals surface area contributed by atoms with Gasteiger partial charge in [-0.15, -0.1) is 0 Å². The zero-order valence-corrected chi connectivity index (χ0v) is 28.5. The van der Waals surface area contributed by atoms with Crippen molar-refractivity contribution >= 4 is 22.5 Å². The molecular weight excluding hydrogens is 626 g/mol. The second kappa shape index (κ2) is 13.9. The Morgan fingerprint density at radius 3 is 1.32 bits per heavy atom. The van der Waals surface area contributed by atoms with E-state index < -0.39 is 22.5 Å². The highest BCUT2D eigenvalue weighted by molar-refractivity contribution is 7.83. The predicted octanol–water partition coefficient (Wildman–Crippen LogP) is 4.14. The molecule has 0 aromatic heterocycles. The van der Waals surface area contributed by atoms with Crippen molar-refractivity contribution in [2.45, 2.75) is 13.5 Å². The number of likely N-dealkylation sites (N-methyl/N-ethyl adjacent to an activating group) is 1. The van der Waals surface area contributed by atoms with Gasteiger partial charge in [0, 0.05) is 78.5 Å². The summed E-state index contributed by atoms with van der Waals surface area (Å²) < 4.78 is 71.5. The SMILES string of the molecule is CCN1CCN(Cc2ccc(F)cc2)P12=NP(N1CCOCC1)(N1CCOCC1)=NP(N1CCOCC1)(N1CCOCC1)=N2. The molecule has 0 aliphatic carbocycles. The van der Waals surface area contributed by atoms with Crippen molar-refractivity contribution in [3.63, 3.8) is 0 Å². The van der Waals surface area contributed by atoms with Crippen molar-refractivity contribution in [3.8, 4) is 0 Å². The van der Waals surface area contributed by atoms with Crippen LogP contribution in [0, 0.1) is 5.82 Å². The first kappa shape index (κ1) is 32.0. The molecule has 13 nitrogen and oxygen atoms in total. The van der Waals surface area contributed by atoms with Crippen molar-refractivity contribution in [2.75, 3.05) is 125 Å². The van der Waals surface area contributed by atoms with Crippen LogP contribution in [0.25, 0.3) is 0 Å². The summed E-state index contributed by atoms with van der Waals surface area (Å²) in [6.07, 6.45) is 0. The maximum atomic E-state index is 14.0. The van der Waals surface area contributed by atoms with E-state index in [1.165, 1.54) is 0 Å². The summed E-state index contributed by atoms with van der Waals surface area (Å²) in [5, 5.41) is 0. The van der Waals surface area contributed by atoms with E-state index in [2.05, 4.69) is 34.9 Å². The third-order valence-electron chi connectivity index (χ3n) is 9.21. The van der Waals surface area contributed by atoms with Crippen LogP contribution in [0.15, 0.2) is 37.8 Å². The lowest BCUT2D eigenvalue weighted by Crippen LogP contribution is -2.46. The molecule has 0 N–H and O–H groups in total. The molecule has 0 saturated carbocycles. The maximum absolute atomic E-state index is 14.0. The number of halogens is 1. The van der Waals surface area contributed by atoms with Gasteiger partial charge in [-0.05, 0) is 17.7 Å². The Labute approximate surface area is 261 Å². The Hall–Kier alpha value is -0.560. The van der Waals surface area contributed by atoms with Crippen molar-refractivity contribution in [3.05, 3.63) is 35.6 Å². The number of hydrogen-bond acceptors (Lipinski definition) is 13. The minimum atomic E-state index is -2.66. The quantitative estimate of drug-likeness (QED) is 0.394. The lowest BCUT2D eigenvalue weighted by atomic mass is 10.2. The van der Waals surface area contributed by atoms with E-state index in [0.717, 1.165) is 77.6 Å². The first-order valence-corrected chi connectivity index (χ1v) is 20.9. The molecule has 5 saturated heterocycles. The topological polar surface area (TPSA) is 93.4 Å². The van der Waals surface area contributed by atoms with Crippen LogP contribution in [-0.2, 0) is 25.5 Å². The summed E-state index contributed by atoms with van der Waals surface area (Å²) in [4.78, 5) is 0. The van der Waals surface area contributed by atoms with Crippen molar-refractivity contribution in [1.29, 1.82) is 0 Å². The molecule has 7 rings (SSSR count). The first-order valence-electron chi connectivity index (χ1n) is 16.1. The Morgan fingerprint density at radius 1 is 0.545 bits per heavy atom. The van der Waals surface area contributed by atoms with Gasteiger partial charge >= 0.3 is 0 Å². The molecule has 1 unspecified atom stereocenters. The van der Waals surface area contributed by atoms with Gasteiger partial charge in [0.2, 0.25) is 22.5 Å². The highest BCUT2D eigenvalue weighted by Gasteiger charge is 2.53. The second-order valence-electron chi connectivity index (χ2n) is 11.7. The third-order valence-corrected chi connectivity index (χ3v) is 21.9. The van der Waals surface area contributed by atoms with Gasteiger partial charge in [0.05, 0.1) is 52.9 Å². The lowest BCUT2D eigenvalue weighted by molar-refractivity contribution is 0.0547. The average Bonchev–Trinajstić information content (AvgIpc) is 3.41. The lowest BCUT2D eigenvalue weighted by Gasteiger charge is -2.53. The van der Waals surface area contributed by atoms with E-state index in [9.17, 15) is 4.39 Å². The van der Waals surface area contributed by atoms with Crippen LogP contribution in [-0.4, -0.2) is 153 Å². The number of ether oxygens (including phenoxy) is 4. The summed E-state index contributed by atoms with van der Waals surface area (Å²) in [5.74, 6) is -0.213. The largest absolute Gasteiger partial charge is 0.379 e. The van der Waals surface area contributed by atoms with E-state index in [1.807, 2.05) is 12.1 Å². The molecule has 0 bridgehead atoms. The monoisotopic (exact) mass is 673 g/mol. The van der Waals surface area contributed by atoms with Crippen LogP contribution in [0.2, 0.25) is 0 Å². The van der Waals surface area contributed by atoms with Crippen molar-refractivity contribution in [1.82, 2.24) is 28.0 Å². The Kier molecular flexibility index (Phi) is 10.1. The van der Waals surface area contributed by atoms with E-state index in [1.54, 1.807) is 12.1 Å². The smallest absolute Gasteiger partial charge is 0.221 e. The van der Waals surface area contributed by atoms with Gasteiger partial charge < -0.3 is 18.9 Å². The normalized spacial score (nSPS) is 31.4. The van der Waals surface area contributed by atoms with Crippen LogP contribution < -0.4 is 0 Å². The van der Waals surface area contributed by atoms with Gasteiger partial charge in [-0.1, -0.05) is 19.1 Å². The van der Waals surface area contributed by atoms with Gasteiger partial charge in [-0.25, -0.2) is 32.4 Å². The molecule has 1 aromatic rings. The molecule has 6 aliphatic rings. The second-order valence-corrected chi connectivity index (χ2v) is 20.5. The number of morpholine rings is 4. The third kappa shape index (κ3) is 5.98. The predicted molar refractivity (Wildman–Crippen MR) is 172 cm³/mol. The maximum Gasteiger partial charge on any atom is 0.221 e. The molecule has 6 aliphatic heterocycles. The van der Waals surface area contributed by atoms with Crippen molar-refractivity contribution < 1.29 is 23.3 Å². The fourth-order valence-electron chi connectivity index (χ4n) is 6.86. The molecule has 1 aromatic carbocycles. The van der Waals surface area contributed by atoms with Crippen LogP contribution in [0.4, 0.5) is 4.39 Å². The standard InChI is InChI=1S/C27H47FN9O4P3/c1-2-32-7-8-37(25-26-3-5-27(28)6-4-26)42(32)29-43(33-9-17-38-18-10-33,34-11-19-39-20-12-34)31-44(30-42,35-13-21-40-22-14-35)36-15-23-41-24-16-36/h3-6H,2,7-25H2,1H3. The summed E-state index contributed by atoms with van der Waals surface area (Å²) in [6.45, 7) is 17.4. The van der Waals surface area contributed by atoms with Gasteiger partial charge in [0.15, 0.2) is 0 Å². The molecule has 0 radical (unpaired) electrons. The molecular formula is C27H47FN9O4P3. The fourth-order valence-corrected chi connectivity index (χ4v) is 22.9. The number of benzene rings is 1. The first-order chi connectivity index (χ1) is 21.6. The Morgan fingerprint density at radius 2 is 0.909 bits per heavy atom. The molecule has 17 heteroatoms. The molecule has 0 amide bonds. The van der Waals surface area contributed by atoms with E-state index >= 15 is 0 Å². The summed E-state index contributed by atoms with van der Waals surface area (Å²) in [5.41, 5.74) is 1.08. The number of nitrogens with zero attached hydrogens (tertiary/aromatic N) is 9. The zero-order chi connectivity index (χ0) is 30.0. The average molecular weight is 674 g/mol.